The van der Waals surface area contributed by atoms with Crippen LogP contribution in [-0.4, -0.2) is 32.2 Å². The third-order valence-corrected chi connectivity index (χ3v) is 4.73. The molecule has 1 unspecified atom stereocenters. The SMILES string of the molecule is Clc1nc(NC2CCCC2)c2ncn(C3CCCCO3)c2n1. The molecule has 2 aliphatic rings. The summed E-state index contributed by atoms with van der Waals surface area (Å²) in [6.45, 7) is 0.788. The van der Waals surface area contributed by atoms with Crippen molar-refractivity contribution >= 4 is 28.6 Å². The standard InChI is InChI=1S/C15H20ClN5O/c16-15-19-13(18-10-5-1-2-6-10)12-14(20-15)21(9-17-12)11-7-3-4-8-22-11/h9-11H,1-8H2,(H,18,19,20). The summed E-state index contributed by atoms with van der Waals surface area (Å²) in [4.78, 5) is 13.2. The van der Waals surface area contributed by atoms with Gasteiger partial charge in [0, 0.05) is 12.6 Å². The van der Waals surface area contributed by atoms with Crippen molar-refractivity contribution < 1.29 is 4.74 Å². The molecule has 1 saturated carbocycles. The molecule has 7 heteroatoms. The fourth-order valence-electron chi connectivity index (χ4n) is 3.41. The first-order valence-electron chi connectivity index (χ1n) is 8.09. The lowest BCUT2D eigenvalue weighted by Crippen LogP contribution is -2.18. The lowest BCUT2D eigenvalue weighted by molar-refractivity contribution is -0.0298. The monoisotopic (exact) mass is 321 g/mol. The van der Waals surface area contributed by atoms with Crippen molar-refractivity contribution in [2.45, 2.75) is 57.2 Å². The van der Waals surface area contributed by atoms with Crippen molar-refractivity contribution in [1.82, 2.24) is 19.5 Å². The van der Waals surface area contributed by atoms with E-state index in [2.05, 4.69) is 20.3 Å². The van der Waals surface area contributed by atoms with E-state index in [0.717, 1.165) is 42.9 Å². The van der Waals surface area contributed by atoms with Gasteiger partial charge in [0.2, 0.25) is 5.28 Å². The fourth-order valence-corrected chi connectivity index (χ4v) is 3.57. The summed E-state index contributed by atoms with van der Waals surface area (Å²) in [5.41, 5.74) is 1.54. The molecule has 1 aliphatic heterocycles. The van der Waals surface area contributed by atoms with E-state index in [9.17, 15) is 0 Å². The zero-order chi connectivity index (χ0) is 14.9. The Kier molecular flexibility index (Phi) is 3.88. The van der Waals surface area contributed by atoms with Gasteiger partial charge in [0.25, 0.3) is 0 Å². The first kappa shape index (κ1) is 14.2. The second kappa shape index (κ2) is 6.01. The van der Waals surface area contributed by atoms with Crippen LogP contribution in [-0.2, 0) is 4.74 Å². The van der Waals surface area contributed by atoms with Gasteiger partial charge in [-0.05, 0) is 43.7 Å². The summed E-state index contributed by atoms with van der Waals surface area (Å²) in [5.74, 6) is 0.747. The molecule has 0 amide bonds. The van der Waals surface area contributed by atoms with Crippen molar-refractivity contribution in [3.63, 3.8) is 0 Å². The average molecular weight is 322 g/mol. The number of imidazole rings is 1. The van der Waals surface area contributed by atoms with Crippen LogP contribution < -0.4 is 5.32 Å². The van der Waals surface area contributed by atoms with E-state index in [0.29, 0.717) is 6.04 Å². The Morgan fingerprint density at radius 2 is 1.95 bits per heavy atom. The van der Waals surface area contributed by atoms with E-state index >= 15 is 0 Å². The predicted molar refractivity (Wildman–Crippen MR) is 85.1 cm³/mol. The van der Waals surface area contributed by atoms with Crippen LogP contribution in [0.1, 0.15) is 51.2 Å². The first-order chi connectivity index (χ1) is 10.8. The topological polar surface area (TPSA) is 64.9 Å². The van der Waals surface area contributed by atoms with E-state index < -0.39 is 0 Å². The van der Waals surface area contributed by atoms with Crippen molar-refractivity contribution in [1.29, 1.82) is 0 Å². The van der Waals surface area contributed by atoms with Crippen LogP contribution in [0.5, 0.6) is 0 Å². The van der Waals surface area contributed by atoms with Gasteiger partial charge in [0.1, 0.15) is 6.23 Å². The summed E-state index contributed by atoms with van der Waals surface area (Å²) in [5, 5.41) is 3.74. The van der Waals surface area contributed by atoms with Crippen LogP contribution in [0.15, 0.2) is 6.33 Å². The zero-order valence-electron chi connectivity index (χ0n) is 12.5. The van der Waals surface area contributed by atoms with Crippen molar-refractivity contribution in [2.24, 2.45) is 0 Å². The number of anilines is 1. The molecule has 2 aromatic heterocycles. The van der Waals surface area contributed by atoms with Gasteiger partial charge in [-0.2, -0.15) is 9.97 Å². The first-order valence-corrected chi connectivity index (χ1v) is 8.47. The number of fused-ring (bicyclic) bond motifs is 1. The van der Waals surface area contributed by atoms with E-state index in [4.69, 9.17) is 16.3 Å². The maximum atomic E-state index is 6.13. The maximum absolute atomic E-state index is 6.13. The molecule has 1 N–H and O–H groups in total. The Bertz CT molecular complexity index is 661. The van der Waals surface area contributed by atoms with Crippen LogP contribution >= 0.6 is 11.6 Å². The second-order valence-corrected chi connectivity index (χ2v) is 6.45. The van der Waals surface area contributed by atoms with Crippen molar-refractivity contribution in [3.8, 4) is 0 Å². The fraction of sp³-hybridized carbons (Fsp3) is 0.667. The number of ether oxygens (including phenoxy) is 1. The highest BCUT2D eigenvalue weighted by Gasteiger charge is 2.22. The number of hydrogen-bond acceptors (Lipinski definition) is 5. The van der Waals surface area contributed by atoms with Gasteiger partial charge in [-0.3, -0.25) is 4.57 Å². The molecule has 0 aromatic carbocycles. The largest absolute Gasteiger partial charge is 0.365 e. The minimum atomic E-state index is 0.00375. The highest BCUT2D eigenvalue weighted by Crippen LogP contribution is 2.30. The Morgan fingerprint density at radius 1 is 1.14 bits per heavy atom. The minimum Gasteiger partial charge on any atom is -0.365 e. The molecule has 2 fully saturated rings. The lowest BCUT2D eigenvalue weighted by Gasteiger charge is -2.23. The highest BCUT2D eigenvalue weighted by molar-refractivity contribution is 6.28. The summed E-state index contributed by atoms with van der Waals surface area (Å²) in [6.07, 6.45) is 9.95. The van der Waals surface area contributed by atoms with E-state index in [1.54, 1.807) is 6.33 Å². The highest BCUT2D eigenvalue weighted by atomic mass is 35.5. The number of nitrogens with zero attached hydrogens (tertiary/aromatic N) is 4. The van der Waals surface area contributed by atoms with Gasteiger partial charge < -0.3 is 10.1 Å². The van der Waals surface area contributed by atoms with Gasteiger partial charge in [0.15, 0.2) is 17.0 Å². The number of rotatable bonds is 3. The molecular weight excluding hydrogens is 302 g/mol. The molecule has 0 bridgehead atoms. The normalized spacial score (nSPS) is 23.2. The Balaban J connectivity index is 1.70. The number of aromatic nitrogens is 4. The van der Waals surface area contributed by atoms with Gasteiger partial charge >= 0.3 is 0 Å². The van der Waals surface area contributed by atoms with Crippen LogP contribution in [0.2, 0.25) is 5.28 Å². The van der Waals surface area contributed by atoms with E-state index in [-0.39, 0.29) is 11.5 Å². The van der Waals surface area contributed by atoms with Crippen LogP contribution in [0.4, 0.5) is 5.82 Å². The summed E-state index contributed by atoms with van der Waals surface area (Å²) >= 11 is 6.13. The quantitative estimate of drug-likeness (QED) is 0.876. The minimum absolute atomic E-state index is 0.00375. The maximum Gasteiger partial charge on any atom is 0.226 e. The number of halogens is 1. The molecule has 4 rings (SSSR count). The number of nitrogens with one attached hydrogen (secondary N) is 1. The van der Waals surface area contributed by atoms with E-state index in [1.807, 2.05) is 4.57 Å². The van der Waals surface area contributed by atoms with E-state index in [1.165, 1.54) is 25.7 Å². The van der Waals surface area contributed by atoms with Gasteiger partial charge in [0.05, 0.1) is 6.33 Å². The third kappa shape index (κ3) is 2.65. The van der Waals surface area contributed by atoms with Crippen LogP contribution in [0.25, 0.3) is 11.2 Å². The Hall–Kier alpha value is -1.40. The van der Waals surface area contributed by atoms with Crippen molar-refractivity contribution in [2.75, 3.05) is 11.9 Å². The van der Waals surface area contributed by atoms with Gasteiger partial charge in [-0.25, -0.2) is 4.98 Å². The summed E-state index contributed by atoms with van der Waals surface area (Å²) < 4.78 is 7.83. The molecule has 1 aliphatic carbocycles. The third-order valence-electron chi connectivity index (χ3n) is 4.56. The molecule has 0 radical (unpaired) electrons. The predicted octanol–water partition coefficient (Wildman–Crippen LogP) is 3.53. The molecule has 22 heavy (non-hydrogen) atoms. The summed E-state index contributed by atoms with van der Waals surface area (Å²) in [7, 11) is 0. The van der Waals surface area contributed by atoms with Crippen LogP contribution in [0, 0.1) is 0 Å². The Morgan fingerprint density at radius 3 is 2.73 bits per heavy atom. The molecular formula is C15H20ClN5O. The smallest absolute Gasteiger partial charge is 0.226 e. The Labute approximate surface area is 134 Å². The lowest BCUT2D eigenvalue weighted by atomic mass is 10.2. The molecule has 0 spiro atoms. The average Bonchev–Trinajstić information content (AvgIpc) is 3.17. The van der Waals surface area contributed by atoms with Gasteiger partial charge in [-0.15, -0.1) is 0 Å². The molecule has 3 heterocycles. The molecule has 2 aromatic rings. The summed E-state index contributed by atoms with van der Waals surface area (Å²) in [6, 6.07) is 0.463. The molecule has 1 saturated heterocycles. The number of hydrogen-bond donors (Lipinski definition) is 1. The van der Waals surface area contributed by atoms with Gasteiger partial charge in [-0.1, -0.05) is 12.8 Å². The second-order valence-electron chi connectivity index (χ2n) is 6.11. The zero-order valence-corrected chi connectivity index (χ0v) is 13.2. The molecule has 118 valence electrons. The van der Waals surface area contributed by atoms with Crippen LogP contribution in [0.3, 0.4) is 0 Å². The molecule has 1 atom stereocenters. The molecule has 6 nitrogen and oxygen atoms in total. The van der Waals surface area contributed by atoms with Crippen molar-refractivity contribution in [3.05, 3.63) is 11.6 Å².